The maximum absolute atomic E-state index is 8.34. The van der Waals surface area contributed by atoms with E-state index in [1.165, 1.54) is 19.3 Å². The molecular formula is C16H38O5. The van der Waals surface area contributed by atoms with Crippen molar-refractivity contribution in [3.05, 3.63) is 0 Å². The molecule has 0 unspecified atom stereocenters. The first-order valence-electron chi connectivity index (χ1n) is 8.22. The number of hydrogen-bond donors (Lipinski definition) is 3. The Labute approximate surface area is 131 Å². The molecule has 5 nitrogen and oxygen atoms in total. The molecule has 0 atom stereocenters. The first-order valence-corrected chi connectivity index (χ1v) is 8.22. The lowest BCUT2D eigenvalue weighted by Gasteiger charge is -2.00. The van der Waals surface area contributed by atoms with Crippen LogP contribution in [0.1, 0.15) is 59.3 Å². The van der Waals surface area contributed by atoms with Gasteiger partial charge in [-0.05, 0) is 19.3 Å². The van der Waals surface area contributed by atoms with Gasteiger partial charge in [0.15, 0.2) is 0 Å². The Hall–Kier alpha value is -0.200. The van der Waals surface area contributed by atoms with E-state index in [4.69, 9.17) is 24.8 Å². The van der Waals surface area contributed by atoms with Crippen LogP contribution in [-0.4, -0.2) is 61.6 Å². The Morgan fingerprint density at radius 1 is 0.524 bits per heavy atom. The zero-order valence-corrected chi connectivity index (χ0v) is 14.4. The Balaban J connectivity index is -0.000000256. The normalized spacial score (nSPS) is 9.43. The van der Waals surface area contributed by atoms with Crippen LogP contribution in [0.15, 0.2) is 0 Å². The summed E-state index contributed by atoms with van der Waals surface area (Å²) >= 11 is 0. The summed E-state index contributed by atoms with van der Waals surface area (Å²) in [5.41, 5.74) is 0. The Bertz CT molecular complexity index is 120. The molecule has 0 spiro atoms. The van der Waals surface area contributed by atoms with Gasteiger partial charge >= 0.3 is 0 Å². The summed E-state index contributed by atoms with van der Waals surface area (Å²) in [5.74, 6) is 0. The van der Waals surface area contributed by atoms with E-state index in [1.807, 2.05) is 0 Å². The van der Waals surface area contributed by atoms with Crippen molar-refractivity contribution in [2.75, 3.05) is 46.2 Å². The summed E-state index contributed by atoms with van der Waals surface area (Å²) in [5, 5.41) is 23.6. The van der Waals surface area contributed by atoms with Crippen molar-refractivity contribution in [2.24, 2.45) is 0 Å². The number of unbranched alkanes of at least 4 members (excludes halogenated alkanes) is 3. The van der Waals surface area contributed by atoms with Gasteiger partial charge in [-0.2, -0.15) is 0 Å². The first-order chi connectivity index (χ1) is 10.2. The van der Waals surface area contributed by atoms with Crippen molar-refractivity contribution < 1.29 is 24.8 Å². The maximum Gasteiger partial charge on any atom is 0.0697 e. The molecule has 132 valence electrons. The fourth-order valence-corrected chi connectivity index (χ4v) is 1.19. The van der Waals surface area contributed by atoms with Gasteiger partial charge in [0.05, 0.1) is 26.4 Å². The summed E-state index contributed by atoms with van der Waals surface area (Å²) in [6.07, 6.45) is 7.22. The molecule has 0 aromatic heterocycles. The molecule has 5 heteroatoms. The van der Waals surface area contributed by atoms with Crippen LogP contribution >= 0.6 is 0 Å². The minimum absolute atomic E-state index is 0.125. The molecule has 0 saturated heterocycles. The fourth-order valence-electron chi connectivity index (χ4n) is 1.19. The number of aliphatic hydroxyl groups excluding tert-OH is 3. The lowest BCUT2D eigenvalue weighted by atomic mass is 10.2. The zero-order valence-electron chi connectivity index (χ0n) is 14.4. The number of ether oxygens (including phenoxy) is 2. The quantitative estimate of drug-likeness (QED) is 0.482. The number of rotatable bonds is 12. The van der Waals surface area contributed by atoms with Crippen molar-refractivity contribution in [2.45, 2.75) is 59.3 Å². The monoisotopic (exact) mass is 310 g/mol. The molecule has 0 radical (unpaired) electrons. The summed E-state index contributed by atoms with van der Waals surface area (Å²) in [6.45, 7) is 9.47. The molecule has 3 N–H and O–H groups in total. The van der Waals surface area contributed by atoms with Crippen LogP contribution < -0.4 is 0 Å². The fraction of sp³-hybridized carbons (Fsp3) is 1.00. The lowest BCUT2D eigenvalue weighted by molar-refractivity contribution is 0.0896. The highest BCUT2D eigenvalue weighted by molar-refractivity contribution is 4.38. The van der Waals surface area contributed by atoms with E-state index in [9.17, 15) is 0 Å². The third-order valence-electron chi connectivity index (χ3n) is 2.17. The standard InChI is InChI=1S/C8H18O2.C6H14O.C2H6O2/c1-2-3-4-5-7-10-8-6-9;1-3-5-7-6-4-2;3-1-2-4/h9H,2-8H2,1H3;3-6H2,1-2H3;3-4H,1-2H2. The Morgan fingerprint density at radius 3 is 1.43 bits per heavy atom. The third kappa shape index (κ3) is 45.1. The molecule has 0 amide bonds. The first kappa shape index (κ1) is 25.7. The van der Waals surface area contributed by atoms with Crippen molar-refractivity contribution in [1.82, 2.24) is 0 Å². The molecule has 0 aromatic carbocycles. The third-order valence-corrected chi connectivity index (χ3v) is 2.17. The molecule has 0 aliphatic heterocycles. The van der Waals surface area contributed by atoms with Gasteiger partial charge in [0, 0.05) is 19.8 Å². The highest BCUT2D eigenvalue weighted by Crippen LogP contribution is 1.98. The highest BCUT2D eigenvalue weighted by atomic mass is 16.5. The van der Waals surface area contributed by atoms with Crippen LogP contribution in [0.2, 0.25) is 0 Å². The van der Waals surface area contributed by atoms with Gasteiger partial charge in [0.25, 0.3) is 0 Å². The van der Waals surface area contributed by atoms with E-state index in [-0.39, 0.29) is 19.8 Å². The molecule has 0 fully saturated rings. The molecule has 0 aliphatic carbocycles. The Morgan fingerprint density at radius 2 is 1.05 bits per heavy atom. The van der Waals surface area contributed by atoms with Crippen molar-refractivity contribution >= 4 is 0 Å². The van der Waals surface area contributed by atoms with Crippen LogP contribution in [0.4, 0.5) is 0 Å². The average molecular weight is 310 g/mol. The molecule has 0 heterocycles. The van der Waals surface area contributed by atoms with Gasteiger partial charge in [-0.3, -0.25) is 0 Å². The second-order valence-electron chi connectivity index (χ2n) is 4.46. The lowest BCUT2D eigenvalue weighted by Crippen LogP contribution is -2.00. The second kappa shape index (κ2) is 31.9. The van der Waals surface area contributed by atoms with Crippen LogP contribution in [0.3, 0.4) is 0 Å². The molecule has 0 rings (SSSR count). The minimum Gasteiger partial charge on any atom is -0.394 e. The van der Waals surface area contributed by atoms with Gasteiger partial charge in [-0.25, -0.2) is 0 Å². The van der Waals surface area contributed by atoms with Crippen LogP contribution in [0.25, 0.3) is 0 Å². The molecule has 21 heavy (non-hydrogen) atoms. The van der Waals surface area contributed by atoms with E-state index in [1.54, 1.807) is 0 Å². The highest BCUT2D eigenvalue weighted by Gasteiger charge is 1.87. The summed E-state index contributed by atoms with van der Waals surface area (Å²) < 4.78 is 10.2. The summed E-state index contributed by atoms with van der Waals surface area (Å²) in [4.78, 5) is 0. The SMILES string of the molecule is CCCCCCOCCO.CCCOCCC.OCCO. The van der Waals surface area contributed by atoms with Crippen molar-refractivity contribution in [1.29, 1.82) is 0 Å². The molecular weight excluding hydrogens is 272 g/mol. The van der Waals surface area contributed by atoms with E-state index >= 15 is 0 Å². The van der Waals surface area contributed by atoms with Gasteiger partial charge in [0.1, 0.15) is 0 Å². The second-order valence-corrected chi connectivity index (χ2v) is 4.46. The van der Waals surface area contributed by atoms with Gasteiger partial charge in [-0.1, -0.05) is 40.0 Å². The number of aliphatic hydroxyl groups is 3. The van der Waals surface area contributed by atoms with E-state index in [2.05, 4.69) is 20.8 Å². The summed E-state index contributed by atoms with van der Waals surface area (Å²) in [7, 11) is 0. The van der Waals surface area contributed by atoms with Gasteiger partial charge in [-0.15, -0.1) is 0 Å². The van der Waals surface area contributed by atoms with E-state index in [0.29, 0.717) is 6.61 Å². The smallest absolute Gasteiger partial charge is 0.0697 e. The van der Waals surface area contributed by atoms with Crippen LogP contribution in [0, 0.1) is 0 Å². The predicted molar refractivity (Wildman–Crippen MR) is 87.6 cm³/mol. The molecule has 0 aliphatic rings. The van der Waals surface area contributed by atoms with Crippen LogP contribution in [-0.2, 0) is 9.47 Å². The topological polar surface area (TPSA) is 79.2 Å². The van der Waals surface area contributed by atoms with Gasteiger partial charge in [0.2, 0.25) is 0 Å². The maximum atomic E-state index is 8.34. The number of hydrogen-bond acceptors (Lipinski definition) is 5. The molecule has 0 aromatic rings. The summed E-state index contributed by atoms with van der Waals surface area (Å²) in [6, 6.07) is 0. The molecule has 0 bridgehead atoms. The molecule has 0 saturated carbocycles. The zero-order chi connectivity index (χ0) is 16.6. The predicted octanol–water partition coefficient (Wildman–Crippen LogP) is 2.37. The average Bonchev–Trinajstić information content (AvgIpc) is 2.52. The van der Waals surface area contributed by atoms with Crippen molar-refractivity contribution in [3.63, 3.8) is 0 Å². The van der Waals surface area contributed by atoms with Gasteiger partial charge < -0.3 is 24.8 Å². The van der Waals surface area contributed by atoms with E-state index in [0.717, 1.165) is 39.1 Å². The van der Waals surface area contributed by atoms with E-state index < -0.39 is 0 Å². The minimum atomic E-state index is -0.125. The Kier molecular flexibility index (Phi) is 39.2. The van der Waals surface area contributed by atoms with Crippen LogP contribution in [0.5, 0.6) is 0 Å². The largest absolute Gasteiger partial charge is 0.394 e. The van der Waals surface area contributed by atoms with Crippen molar-refractivity contribution in [3.8, 4) is 0 Å².